The van der Waals surface area contributed by atoms with Gasteiger partial charge in [0.05, 0.1) is 17.6 Å². The monoisotopic (exact) mass is 554 g/mol. The van der Waals surface area contributed by atoms with Crippen LogP contribution in [0.15, 0.2) is 66.0 Å². The van der Waals surface area contributed by atoms with Gasteiger partial charge in [-0.2, -0.15) is 0 Å². The Morgan fingerprint density at radius 1 is 0.850 bits per heavy atom. The van der Waals surface area contributed by atoms with Gasteiger partial charge in [0.15, 0.2) is 0 Å². The average Bonchev–Trinajstić information content (AvgIpc) is 3.51. The summed E-state index contributed by atoms with van der Waals surface area (Å²) in [6, 6.07) is 20.0. The number of para-hydroxylation sites is 1. The van der Waals surface area contributed by atoms with Crippen molar-refractivity contribution >= 4 is 34.1 Å². The predicted molar refractivity (Wildman–Crippen MR) is 157 cm³/mol. The van der Waals surface area contributed by atoms with E-state index in [4.69, 9.17) is 9.72 Å². The summed E-state index contributed by atoms with van der Waals surface area (Å²) in [5.74, 6) is 1.50. The first-order chi connectivity index (χ1) is 19.6. The number of fused-ring (bicyclic) bond motifs is 1. The number of ether oxygens (including phenoxy) is 1. The minimum Gasteiger partial charge on any atom is -0.496 e. The van der Waals surface area contributed by atoms with Gasteiger partial charge in [0.2, 0.25) is 0 Å². The number of rotatable bonds is 6. The summed E-state index contributed by atoms with van der Waals surface area (Å²) in [4.78, 5) is 39.7. The Morgan fingerprint density at radius 2 is 1.50 bits per heavy atom. The van der Waals surface area contributed by atoms with E-state index >= 15 is 0 Å². The minimum atomic E-state index is -0.0758. The van der Waals surface area contributed by atoms with Gasteiger partial charge < -0.3 is 14.5 Å². The zero-order valence-electron chi connectivity index (χ0n) is 22.8. The minimum absolute atomic E-state index is 0.0459. The zero-order chi connectivity index (χ0) is 27.5. The molecule has 0 aliphatic carbocycles. The molecular formula is C32H34N4O3S. The van der Waals surface area contributed by atoms with Crippen LogP contribution in [0.1, 0.15) is 63.1 Å². The summed E-state index contributed by atoms with van der Waals surface area (Å²) in [6.07, 6.45) is 4.78. The zero-order valence-corrected chi connectivity index (χ0v) is 23.6. The molecule has 4 heterocycles. The molecule has 2 aromatic heterocycles. The molecule has 0 unspecified atom stereocenters. The van der Waals surface area contributed by atoms with Crippen LogP contribution in [0, 0.1) is 5.92 Å². The molecule has 0 N–H and O–H groups in total. The number of pyridine rings is 1. The van der Waals surface area contributed by atoms with Crippen LogP contribution in [0.25, 0.3) is 10.9 Å². The Kier molecular flexibility index (Phi) is 7.77. The van der Waals surface area contributed by atoms with Gasteiger partial charge in [-0.25, -0.2) is 9.97 Å². The lowest BCUT2D eigenvalue weighted by atomic mass is 9.90. The first kappa shape index (κ1) is 26.4. The largest absolute Gasteiger partial charge is 0.496 e. The Morgan fingerprint density at radius 3 is 2.23 bits per heavy atom. The van der Waals surface area contributed by atoms with Crippen LogP contribution < -0.4 is 4.74 Å². The molecule has 2 fully saturated rings. The highest BCUT2D eigenvalue weighted by molar-refractivity contribution is 7.09. The Balaban J connectivity index is 1.03. The van der Waals surface area contributed by atoms with Gasteiger partial charge in [0.25, 0.3) is 11.8 Å². The fourth-order valence-corrected chi connectivity index (χ4v) is 6.90. The summed E-state index contributed by atoms with van der Waals surface area (Å²) < 4.78 is 5.53. The van der Waals surface area contributed by atoms with Crippen molar-refractivity contribution in [3.8, 4) is 5.75 Å². The van der Waals surface area contributed by atoms with Crippen LogP contribution in [0.2, 0.25) is 0 Å². The van der Waals surface area contributed by atoms with E-state index in [1.807, 2.05) is 39.4 Å². The molecule has 2 saturated heterocycles. The van der Waals surface area contributed by atoms with Crippen LogP contribution in [0.5, 0.6) is 5.75 Å². The van der Waals surface area contributed by atoms with Crippen molar-refractivity contribution in [2.75, 3.05) is 33.3 Å². The highest BCUT2D eigenvalue weighted by Crippen LogP contribution is 2.32. The number of thiazole rings is 1. The van der Waals surface area contributed by atoms with E-state index in [1.165, 1.54) is 5.56 Å². The molecule has 40 heavy (non-hydrogen) atoms. The van der Waals surface area contributed by atoms with Gasteiger partial charge >= 0.3 is 0 Å². The van der Waals surface area contributed by atoms with Gasteiger partial charge in [-0.05, 0) is 55.7 Å². The van der Waals surface area contributed by atoms with Gasteiger partial charge in [0.1, 0.15) is 17.1 Å². The van der Waals surface area contributed by atoms with Crippen molar-refractivity contribution in [3.63, 3.8) is 0 Å². The normalized spacial score (nSPS) is 16.8. The number of nitrogens with zero attached hydrogens (tertiary/aromatic N) is 4. The lowest BCUT2D eigenvalue weighted by molar-refractivity contribution is 0.0685. The van der Waals surface area contributed by atoms with Crippen LogP contribution in [-0.4, -0.2) is 64.9 Å². The molecule has 2 amide bonds. The third kappa shape index (κ3) is 5.59. The van der Waals surface area contributed by atoms with Crippen LogP contribution in [0.3, 0.4) is 0 Å². The van der Waals surface area contributed by atoms with E-state index in [0.717, 1.165) is 61.1 Å². The lowest BCUT2D eigenvalue weighted by Crippen LogP contribution is -2.39. The number of hydrogen-bond donors (Lipinski definition) is 0. The number of carbonyl (C=O) groups excluding carboxylic acids is 2. The molecule has 206 valence electrons. The van der Waals surface area contributed by atoms with Crippen molar-refractivity contribution in [1.82, 2.24) is 19.8 Å². The van der Waals surface area contributed by atoms with Crippen molar-refractivity contribution in [1.29, 1.82) is 0 Å². The van der Waals surface area contributed by atoms with Crippen molar-refractivity contribution in [2.45, 2.75) is 38.0 Å². The molecule has 4 aromatic rings. The third-order valence-electron chi connectivity index (χ3n) is 8.26. The van der Waals surface area contributed by atoms with Crippen molar-refractivity contribution in [3.05, 3.63) is 88.0 Å². The van der Waals surface area contributed by atoms with Crippen LogP contribution in [0.4, 0.5) is 0 Å². The molecule has 7 nitrogen and oxygen atoms in total. The van der Waals surface area contributed by atoms with E-state index in [1.54, 1.807) is 24.5 Å². The number of likely N-dealkylation sites (tertiary alicyclic amines) is 2. The average molecular weight is 555 g/mol. The Hall–Kier alpha value is -3.78. The van der Waals surface area contributed by atoms with E-state index < -0.39 is 0 Å². The number of amides is 2. The number of hydrogen-bond acceptors (Lipinski definition) is 6. The molecule has 0 radical (unpaired) electrons. The van der Waals surface area contributed by atoms with Crippen LogP contribution in [-0.2, 0) is 6.42 Å². The quantitative estimate of drug-likeness (QED) is 0.301. The number of piperidine rings is 2. The second kappa shape index (κ2) is 11.8. The first-order valence-electron chi connectivity index (χ1n) is 14.1. The highest BCUT2D eigenvalue weighted by Gasteiger charge is 2.30. The summed E-state index contributed by atoms with van der Waals surface area (Å²) in [6.45, 7) is 2.85. The Bertz CT molecular complexity index is 1490. The second-order valence-electron chi connectivity index (χ2n) is 10.8. The first-order valence-corrected chi connectivity index (χ1v) is 15.0. The van der Waals surface area contributed by atoms with E-state index in [-0.39, 0.29) is 17.7 Å². The van der Waals surface area contributed by atoms with Gasteiger partial charge in [-0.1, -0.05) is 42.5 Å². The van der Waals surface area contributed by atoms with Gasteiger partial charge in [0, 0.05) is 48.9 Å². The molecule has 2 aromatic carbocycles. The molecule has 0 spiro atoms. The Labute approximate surface area is 238 Å². The molecular weight excluding hydrogens is 520 g/mol. The molecule has 0 atom stereocenters. The summed E-state index contributed by atoms with van der Waals surface area (Å²) in [5.41, 5.74) is 3.09. The number of methoxy groups -OCH3 is 1. The van der Waals surface area contributed by atoms with Crippen LogP contribution >= 0.6 is 11.3 Å². The number of carbonyl (C=O) groups is 2. The predicted octanol–water partition coefficient (Wildman–Crippen LogP) is 5.81. The summed E-state index contributed by atoms with van der Waals surface area (Å²) in [7, 11) is 1.61. The van der Waals surface area contributed by atoms with Gasteiger partial charge in [-0.3, -0.25) is 9.59 Å². The standard InChI is InChI=1S/C32H34N4O3S/c1-39-29-20-27(33-26-10-6-5-9-25(26)29)31(37)36-17-13-24(14-18-36)30-34-28(21-40-30)32(38)35-15-11-23(12-16-35)19-22-7-3-2-4-8-22/h2-10,20-21,23-24H,11-19H2,1H3. The van der Waals surface area contributed by atoms with Gasteiger partial charge in [-0.15, -0.1) is 11.3 Å². The topological polar surface area (TPSA) is 75.6 Å². The van der Waals surface area contributed by atoms with E-state index in [2.05, 4.69) is 35.3 Å². The van der Waals surface area contributed by atoms with Crippen molar-refractivity contribution < 1.29 is 14.3 Å². The molecule has 8 heteroatoms. The fraction of sp³-hybridized carbons (Fsp3) is 0.375. The fourth-order valence-electron chi connectivity index (χ4n) is 5.94. The van der Waals surface area contributed by atoms with E-state index in [9.17, 15) is 9.59 Å². The maximum atomic E-state index is 13.3. The smallest absolute Gasteiger partial charge is 0.273 e. The number of benzene rings is 2. The third-order valence-corrected chi connectivity index (χ3v) is 9.27. The SMILES string of the molecule is COc1cc(C(=O)N2CCC(c3nc(C(=O)N4CCC(Cc5ccccc5)CC4)cs3)CC2)nc2ccccc12. The lowest BCUT2D eigenvalue weighted by Gasteiger charge is -2.32. The second-order valence-corrected chi connectivity index (χ2v) is 11.7. The van der Waals surface area contributed by atoms with E-state index in [0.29, 0.717) is 36.1 Å². The molecule has 2 aliphatic heterocycles. The molecule has 0 saturated carbocycles. The molecule has 0 bridgehead atoms. The maximum Gasteiger partial charge on any atom is 0.273 e. The summed E-state index contributed by atoms with van der Waals surface area (Å²) in [5, 5.41) is 3.81. The highest BCUT2D eigenvalue weighted by atomic mass is 32.1. The molecule has 6 rings (SSSR count). The molecule has 2 aliphatic rings. The summed E-state index contributed by atoms with van der Waals surface area (Å²) >= 11 is 1.57. The van der Waals surface area contributed by atoms with Crippen molar-refractivity contribution in [2.24, 2.45) is 5.92 Å². The number of aromatic nitrogens is 2. The maximum absolute atomic E-state index is 13.3.